The number of anilines is 4. The number of phenols is 1. The average Bonchev–Trinajstić information content (AvgIpc) is 3.21. The Balaban J connectivity index is 1.25. The Bertz CT molecular complexity index is 1210. The fourth-order valence-electron chi connectivity index (χ4n) is 5.29. The molecule has 0 radical (unpaired) electrons. The molecule has 1 aromatic heterocycles. The van der Waals surface area contributed by atoms with E-state index in [1.54, 1.807) is 13.2 Å². The molecule has 0 unspecified atom stereocenters. The van der Waals surface area contributed by atoms with Gasteiger partial charge in [0.05, 0.1) is 7.11 Å². The molecule has 4 N–H and O–H groups in total. The summed E-state index contributed by atoms with van der Waals surface area (Å²) in [5.74, 6) is 1.11. The molecule has 1 aliphatic carbocycles. The number of nitrogens with one attached hydrogen (secondary N) is 3. The molecule has 5 rings (SSSR count). The van der Waals surface area contributed by atoms with Gasteiger partial charge in [0, 0.05) is 43.5 Å². The van der Waals surface area contributed by atoms with Gasteiger partial charge in [0.2, 0.25) is 17.8 Å². The number of nitrogens with zero attached hydrogens (tertiary/aromatic N) is 4. The Kier molecular flexibility index (Phi) is 8.93. The average molecular weight is 536 g/mol. The highest BCUT2D eigenvalue weighted by Gasteiger charge is 2.21. The van der Waals surface area contributed by atoms with E-state index in [1.165, 1.54) is 43.4 Å². The number of methoxy groups -OCH3 is 1. The Morgan fingerprint density at radius 3 is 2.08 bits per heavy atom. The molecule has 10 heteroatoms. The van der Waals surface area contributed by atoms with Crippen LogP contribution in [0.15, 0.2) is 42.5 Å². The lowest BCUT2D eigenvalue weighted by molar-refractivity contribution is 0.211. The van der Waals surface area contributed by atoms with Crippen LogP contribution < -0.4 is 20.7 Å². The molecule has 0 spiro atoms. The Labute approximate surface area is 229 Å². The molecule has 1 saturated carbocycles. The maximum Gasteiger partial charge on any atom is 0.233 e. The van der Waals surface area contributed by atoms with E-state index in [4.69, 9.17) is 9.72 Å². The Morgan fingerprint density at radius 1 is 0.846 bits per heavy atom. The van der Waals surface area contributed by atoms with Gasteiger partial charge in [-0.15, -0.1) is 0 Å². The first-order valence-electron chi connectivity index (χ1n) is 13.9. The van der Waals surface area contributed by atoms with Crippen LogP contribution in [0.3, 0.4) is 0 Å². The van der Waals surface area contributed by atoms with E-state index >= 15 is 0 Å². The normalized spacial score (nSPS) is 17.4. The highest BCUT2D eigenvalue weighted by Crippen LogP contribution is 2.25. The Hall–Kier alpha value is -3.66. The molecule has 9 nitrogen and oxygen atoms in total. The van der Waals surface area contributed by atoms with Gasteiger partial charge in [-0.1, -0.05) is 37.8 Å². The number of rotatable bonds is 9. The van der Waals surface area contributed by atoms with Crippen molar-refractivity contribution in [3.8, 4) is 11.5 Å². The predicted molar refractivity (Wildman–Crippen MR) is 151 cm³/mol. The number of hydrogen-bond donors (Lipinski definition) is 4. The van der Waals surface area contributed by atoms with Crippen LogP contribution >= 0.6 is 0 Å². The van der Waals surface area contributed by atoms with E-state index in [1.807, 2.05) is 12.1 Å². The summed E-state index contributed by atoms with van der Waals surface area (Å²) in [6.45, 7) is 2.86. The second-order valence-electron chi connectivity index (χ2n) is 10.5. The minimum atomic E-state index is -0.703. The zero-order chi connectivity index (χ0) is 27.0. The largest absolute Gasteiger partial charge is 0.505 e. The number of halogens is 1. The van der Waals surface area contributed by atoms with Crippen LogP contribution in [-0.2, 0) is 6.54 Å². The predicted octanol–water partition coefficient (Wildman–Crippen LogP) is 5.68. The van der Waals surface area contributed by atoms with Crippen molar-refractivity contribution in [2.75, 3.05) is 36.1 Å². The molecule has 39 heavy (non-hydrogen) atoms. The lowest BCUT2D eigenvalue weighted by atomic mass is 10.0. The van der Waals surface area contributed by atoms with Gasteiger partial charge in [-0.2, -0.15) is 15.0 Å². The fraction of sp³-hybridized carbons (Fsp3) is 0.483. The van der Waals surface area contributed by atoms with Gasteiger partial charge in [-0.25, -0.2) is 4.39 Å². The molecule has 3 aromatic rings. The van der Waals surface area contributed by atoms with Crippen molar-refractivity contribution < 1.29 is 14.2 Å². The molecule has 208 valence electrons. The zero-order valence-corrected chi connectivity index (χ0v) is 22.5. The third-order valence-electron chi connectivity index (χ3n) is 7.51. The van der Waals surface area contributed by atoms with Crippen molar-refractivity contribution in [2.24, 2.45) is 0 Å². The summed E-state index contributed by atoms with van der Waals surface area (Å²) in [4.78, 5) is 16.3. The van der Waals surface area contributed by atoms with E-state index in [0.29, 0.717) is 29.6 Å². The van der Waals surface area contributed by atoms with Crippen molar-refractivity contribution in [1.82, 2.24) is 19.9 Å². The Morgan fingerprint density at radius 2 is 1.46 bits per heavy atom. The van der Waals surface area contributed by atoms with Crippen LogP contribution in [0.5, 0.6) is 11.5 Å². The lowest BCUT2D eigenvalue weighted by Crippen LogP contribution is -2.39. The van der Waals surface area contributed by atoms with Crippen molar-refractivity contribution in [3.05, 3.63) is 53.8 Å². The fourth-order valence-corrected chi connectivity index (χ4v) is 5.29. The number of aromatic nitrogens is 3. The number of aromatic hydroxyl groups is 1. The molecule has 2 aromatic carbocycles. The van der Waals surface area contributed by atoms with Gasteiger partial charge < -0.3 is 25.8 Å². The third-order valence-corrected chi connectivity index (χ3v) is 7.51. The van der Waals surface area contributed by atoms with Crippen molar-refractivity contribution in [1.29, 1.82) is 0 Å². The smallest absolute Gasteiger partial charge is 0.233 e. The van der Waals surface area contributed by atoms with Gasteiger partial charge >= 0.3 is 0 Å². The van der Waals surface area contributed by atoms with Crippen LogP contribution in [0, 0.1) is 5.82 Å². The minimum absolute atomic E-state index is 0.240. The topological polar surface area (TPSA) is 107 Å². The van der Waals surface area contributed by atoms with Gasteiger partial charge in [0.25, 0.3) is 0 Å². The number of likely N-dealkylation sites (tertiary alicyclic amines) is 1. The summed E-state index contributed by atoms with van der Waals surface area (Å²) in [7, 11) is 1.68. The van der Waals surface area contributed by atoms with Crippen LogP contribution in [0.1, 0.15) is 56.9 Å². The van der Waals surface area contributed by atoms with Crippen molar-refractivity contribution >= 4 is 23.5 Å². The zero-order valence-electron chi connectivity index (χ0n) is 22.5. The molecular formula is C29H38FN7O2. The summed E-state index contributed by atoms with van der Waals surface area (Å²) in [6.07, 6.45) is 9.04. The SMILES string of the molecule is COc1ccc(CN2CCC(Nc3nc(Nc4ccc(O)c(F)c4)nc(NC4CCCCCC4)n3)CC2)cc1. The second kappa shape index (κ2) is 12.9. The van der Waals surface area contributed by atoms with Crippen LogP contribution in [0.25, 0.3) is 0 Å². The maximum atomic E-state index is 13.9. The molecule has 2 fully saturated rings. The molecule has 1 aliphatic heterocycles. The molecule has 1 saturated heterocycles. The van der Waals surface area contributed by atoms with Crippen molar-refractivity contribution in [3.63, 3.8) is 0 Å². The summed E-state index contributed by atoms with van der Waals surface area (Å²) < 4.78 is 19.2. The quantitative estimate of drug-likeness (QED) is 0.203. The van der Waals surface area contributed by atoms with E-state index in [0.717, 1.165) is 51.1 Å². The first kappa shape index (κ1) is 26.9. The van der Waals surface area contributed by atoms with Crippen molar-refractivity contribution in [2.45, 2.75) is 70.0 Å². The minimum Gasteiger partial charge on any atom is -0.505 e. The number of benzene rings is 2. The molecule has 2 heterocycles. The first-order chi connectivity index (χ1) is 19.0. The maximum absolute atomic E-state index is 13.9. The van der Waals surface area contributed by atoms with Gasteiger partial charge in [0.1, 0.15) is 5.75 Å². The first-order valence-corrected chi connectivity index (χ1v) is 13.9. The summed E-state index contributed by atoms with van der Waals surface area (Å²) in [5, 5.41) is 19.6. The molecule has 0 amide bonds. The van der Waals surface area contributed by atoms with E-state index in [9.17, 15) is 9.50 Å². The monoisotopic (exact) mass is 535 g/mol. The molecule has 0 bridgehead atoms. The summed E-state index contributed by atoms with van der Waals surface area (Å²) >= 11 is 0. The highest BCUT2D eigenvalue weighted by atomic mass is 19.1. The van der Waals surface area contributed by atoms with E-state index in [2.05, 4.69) is 43.0 Å². The number of hydrogen-bond acceptors (Lipinski definition) is 9. The van der Waals surface area contributed by atoms with E-state index < -0.39 is 11.6 Å². The highest BCUT2D eigenvalue weighted by molar-refractivity contribution is 5.57. The summed E-state index contributed by atoms with van der Waals surface area (Å²) in [5.41, 5.74) is 1.73. The molecule has 0 atom stereocenters. The summed E-state index contributed by atoms with van der Waals surface area (Å²) in [6, 6.07) is 12.9. The van der Waals surface area contributed by atoms with E-state index in [-0.39, 0.29) is 6.04 Å². The van der Waals surface area contributed by atoms with Crippen LogP contribution in [0.2, 0.25) is 0 Å². The van der Waals surface area contributed by atoms with Crippen LogP contribution in [0.4, 0.5) is 27.9 Å². The number of phenolic OH excluding ortho intramolecular Hbond substituents is 1. The molecular weight excluding hydrogens is 497 g/mol. The lowest BCUT2D eigenvalue weighted by Gasteiger charge is -2.32. The standard InChI is InChI=1S/C29H38FN7O2/c1-39-24-11-8-20(9-12-24)19-37-16-14-22(15-17-37)32-28-34-27(31-21-6-4-2-3-5-7-21)35-29(36-28)33-23-10-13-26(38)25(30)18-23/h8-13,18,21-22,38H,2-7,14-17,19H2,1H3,(H3,31,32,33,34,35,36). The number of piperidine rings is 1. The number of ether oxygens (including phenoxy) is 1. The van der Waals surface area contributed by atoms with Gasteiger partial charge in [-0.3, -0.25) is 4.90 Å². The van der Waals surface area contributed by atoms with Gasteiger partial charge in [0.15, 0.2) is 11.6 Å². The second-order valence-corrected chi connectivity index (χ2v) is 10.5. The van der Waals surface area contributed by atoms with Gasteiger partial charge in [-0.05, 0) is 55.5 Å². The third kappa shape index (κ3) is 7.69. The molecule has 2 aliphatic rings. The van der Waals surface area contributed by atoms with Crippen LogP contribution in [-0.4, -0.2) is 57.2 Å².